The van der Waals surface area contributed by atoms with E-state index in [0.29, 0.717) is 21.6 Å². The van der Waals surface area contributed by atoms with E-state index >= 15 is 0 Å². The van der Waals surface area contributed by atoms with Crippen molar-refractivity contribution in [2.24, 2.45) is 5.10 Å². The van der Waals surface area contributed by atoms with Crippen LogP contribution in [-0.2, 0) is 11.2 Å². The van der Waals surface area contributed by atoms with Crippen LogP contribution in [0.3, 0.4) is 0 Å². The number of amides is 1. The Balaban J connectivity index is 1.93. The van der Waals surface area contributed by atoms with Crippen molar-refractivity contribution in [3.63, 3.8) is 0 Å². The number of nitrogens with one attached hydrogen (secondary N) is 1. The zero-order chi connectivity index (χ0) is 15.9. The second-order valence-electron chi connectivity index (χ2n) is 4.12. The highest BCUT2D eigenvalue weighted by atomic mass is 32.1. The van der Waals surface area contributed by atoms with Crippen molar-refractivity contribution in [2.45, 2.75) is 6.42 Å². The van der Waals surface area contributed by atoms with Gasteiger partial charge in [0, 0.05) is 0 Å². The van der Waals surface area contributed by atoms with E-state index in [1.54, 1.807) is 32.4 Å². The van der Waals surface area contributed by atoms with Gasteiger partial charge in [0.25, 0.3) is 0 Å². The Kier molecular flexibility index (Phi) is 5.26. The molecule has 1 heterocycles. The molecule has 0 unspecified atom stereocenters. The number of nitrogens with two attached hydrogens (primary N) is 1. The van der Waals surface area contributed by atoms with Gasteiger partial charge in [0.2, 0.25) is 11.0 Å². The van der Waals surface area contributed by atoms with Crippen molar-refractivity contribution in [1.29, 1.82) is 0 Å². The maximum atomic E-state index is 11.7. The fourth-order valence-electron chi connectivity index (χ4n) is 1.63. The van der Waals surface area contributed by atoms with E-state index in [4.69, 9.17) is 15.2 Å². The number of benzene rings is 1. The molecule has 3 N–H and O–H groups in total. The number of nitrogens with zero attached hydrogens (tertiary/aromatic N) is 3. The van der Waals surface area contributed by atoms with E-state index in [9.17, 15) is 4.79 Å². The predicted octanol–water partition coefficient (Wildman–Crippen LogP) is 0.830. The van der Waals surface area contributed by atoms with E-state index in [-0.39, 0.29) is 12.3 Å². The largest absolute Gasteiger partial charge is 0.493 e. The molecule has 116 valence electrons. The first-order chi connectivity index (χ1) is 10.6. The predicted molar refractivity (Wildman–Crippen MR) is 83.3 cm³/mol. The number of anilines is 1. The summed E-state index contributed by atoms with van der Waals surface area (Å²) in [6.45, 7) is 0. The molecule has 0 aliphatic heterocycles. The third kappa shape index (κ3) is 4.16. The maximum absolute atomic E-state index is 11.7. The Morgan fingerprint density at radius 2 is 2.14 bits per heavy atom. The van der Waals surface area contributed by atoms with Gasteiger partial charge in [0.15, 0.2) is 11.5 Å². The van der Waals surface area contributed by atoms with Crippen LogP contribution in [0.4, 0.5) is 5.13 Å². The number of aromatic nitrogens is 2. The minimum absolute atomic E-state index is 0.0815. The number of hydrogen-bond donors (Lipinski definition) is 2. The van der Waals surface area contributed by atoms with Crippen molar-refractivity contribution in [1.82, 2.24) is 15.6 Å². The van der Waals surface area contributed by atoms with Crippen LogP contribution in [0.25, 0.3) is 0 Å². The molecule has 0 saturated heterocycles. The first kappa shape index (κ1) is 15.7. The summed E-state index contributed by atoms with van der Waals surface area (Å²) in [5.41, 5.74) is 8.62. The zero-order valence-electron chi connectivity index (χ0n) is 12.1. The third-order valence-electron chi connectivity index (χ3n) is 2.60. The van der Waals surface area contributed by atoms with Crippen LogP contribution in [-0.4, -0.2) is 36.5 Å². The fourth-order valence-corrected chi connectivity index (χ4v) is 2.23. The van der Waals surface area contributed by atoms with E-state index in [1.165, 1.54) is 17.6 Å². The number of ether oxygens (including phenoxy) is 2. The highest BCUT2D eigenvalue weighted by molar-refractivity contribution is 7.15. The van der Waals surface area contributed by atoms with Crippen molar-refractivity contribution >= 4 is 28.6 Å². The molecule has 2 rings (SSSR count). The Morgan fingerprint density at radius 1 is 1.36 bits per heavy atom. The summed E-state index contributed by atoms with van der Waals surface area (Å²) in [5, 5.41) is 12.1. The average molecular weight is 321 g/mol. The Morgan fingerprint density at radius 3 is 2.77 bits per heavy atom. The summed E-state index contributed by atoms with van der Waals surface area (Å²) in [6.07, 6.45) is 1.59. The van der Waals surface area contributed by atoms with Crippen molar-refractivity contribution in [3.8, 4) is 11.5 Å². The van der Waals surface area contributed by atoms with E-state index in [0.717, 1.165) is 5.56 Å². The monoisotopic (exact) mass is 321 g/mol. The third-order valence-corrected chi connectivity index (χ3v) is 3.36. The van der Waals surface area contributed by atoms with Gasteiger partial charge in [-0.25, -0.2) is 5.43 Å². The van der Waals surface area contributed by atoms with E-state index in [2.05, 4.69) is 20.7 Å². The van der Waals surface area contributed by atoms with E-state index < -0.39 is 0 Å². The number of rotatable bonds is 6. The van der Waals surface area contributed by atoms with Crippen LogP contribution in [0.2, 0.25) is 0 Å². The molecule has 1 amide bonds. The number of carbonyl (C=O) groups excluding carboxylic acids is 1. The SMILES string of the molecule is COc1ccc(C=NNC(=O)Cc2nnc(N)s2)cc1OC. The quantitative estimate of drug-likeness (QED) is 0.602. The minimum Gasteiger partial charge on any atom is -0.493 e. The number of nitrogen functional groups attached to an aromatic ring is 1. The summed E-state index contributed by atoms with van der Waals surface area (Å²) in [4.78, 5) is 11.7. The highest BCUT2D eigenvalue weighted by Gasteiger charge is 2.07. The Hall–Kier alpha value is -2.68. The lowest BCUT2D eigenvalue weighted by molar-refractivity contribution is -0.120. The molecule has 1 aromatic heterocycles. The van der Waals surface area contributed by atoms with Crippen LogP contribution in [0.15, 0.2) is 23.3 Å². The van der Waals surface area contributed by atoms with Crippen molar-refractivity contribution in [2.75, 3.05) is 20.0 Å². The standard InChI is InChI=1S/C13H15N5O3S/c1-20-9-4-3-8(5-10(9)21-2)7-15-16-11(19)6-12-17-18-13(14)22-12/h3-5,7H,6H2,1-2H3,(H2,14,18)(H,16,19). The van der Waals surface area contributed by atoms with Gasteiger partial charge in [0.05, 0.1) is 26.9 Å². The fraction of sp³-hybridized carbons (Fsp3) is 0.231. The lowest BCUT2D eigenvalue weighted by atomic mass is 10.2. The molecule has 0 aliphatic rings. The molecule has 0 atom stereocenters. The summed E-state index contributed by atoms with van der Waals surface area (Å²) < 4.78 is 10.3. The van der Waals surface area contributed by atoms with Crippen molar-refractivity contribution in [3.05, 3.63) is 28.8 Å². The minimum atomic E-state index is -0.298. The normalized spacial score (nSPS) is 10.6. The van der Waals surface area contributed by atoms with Gasteiger partial charge in [-0.2, -0.15) is 5.10 Å². The first-order valence-corrected chi connectivity index (χ1v) is 7.06. The number of methoxy groups -OCH3 is 2. The van der Waals surface area contributed by atoms with Crippen LogP contribution in [0, 0.1) is 0 Å². The van der Waals surface area contributed by atoms with Crippen LogP contribution < -0.4 is 20.6 Å². The van der Waals surface area contributed by atoms with Gasteiger partial charge < -0.3 is 15.2 Å². The molecule has 0 aliphatic carbocycles. The number of carbonyl (C=O) groups is 1. The summed E-state index contributed by atoms with van der Waals surface area (Å²) >= 11 is 1.17. The molecule has 8 nitrogen and oxygen atoms in total. The number of hydrogen-bond acceptors (Lipinski definition) is 8. The molecule has 0 radical (unpaired) electrons. The smallest absolute Gasteiger partial charge is 0.247 e. The second-order valence-corrected chi connectivity index (χ2v) is 5.21. The Bertz CT molecular complexity index is 686. The van der Waals surface area contributed by atoms with Crippen LogP contribution in [0.1, 0.15) is 10.6 Å². The van der Waals surface area contributed by atoms with Gasteiger partial charge in [-0.1, -0.05) is 11.3 Å². The average Bonchev–Trinajstić information content (AvgIpc) is 2.92. The van der Waals surface area contributed by atoms with Crippen molar-refractivity contribution < 1.29 is 14.3 Å². The molecule has 9 heteroatoms. The van der Waals surface area contributed by atoms with Crippen LogP contribution in [0.5, 0.6) is 11.5 Å². The Labute approximate surface area is 131 Å². The van der Waals surface area contributed by atoms with Gasteiger partial charge >= 0.3 is 0 Å². The number of hydrazone groups is 1. The highest BCUT2D eigenvalue weighted by Crippen LogP contribution is 2.26. The topological polar surface area (TPSA) is 112 Å². The maximum Gasteiger partial charge on any atom is 0.247 e. The summed E-state index contributed by atoms with van der Waals surface area (Å²) in [6, 6.07) is 5.30. The zero-order valence-corrected chi connectivity index (χ0v) is 12.9. The molecular formula is C13H15N5O3S. The molecular weight excluding hydrogens is 306 g/mol. The lowest BCUT2D eigenvalue weighted by Crippen LogP contribution is -2.19. The lowest BCUT2D eigenvalue weighted by Gasteiger charge is -2.07. The molecule has 0 bridgehead atoms. The van der Waals surface area contributed by atoms with Gasteiger partial charge in [-0.15, -0.1) is 10.2 Å². The van der Waals surface area contributed by atoms with Gasteiger partial charge in [-0.3, -0.25) is 4.79 Å². The molecule has 1 aromatic carbocycles. The van der Waals surface area contributed by atoms with Gasteiger partial charge in [0.1, 0.15) is 5.01 Å². The van der Waals surface area contributed by atoms with E-state index in [1.807, 2.05) is 0 Å². The molecule has 0 spiro atoms. The molecule has 2 aromatic rings. The second kappa shape index (κ2) is 7.36. The first-order valence-electron chi connectivity index (χ1n) is 6.24. The summed E-state index contributed by atoms with van der Waals surface area (Å²) in [7, 11) is 3.11. The van der Waals surface area contributed by atoms with Gasteiger partial charge in [-0.05, 0) is 23.8 Å². The molecule has 22 heavy (non-hydrogen) atoms. The molecule has 0 saturated carbocycles. The molecule has 0 fully saturated rings. The van der Waals surface area contributed by atoms with Crippen LogP contribution >= 0.6 is 11.3 Å². The summed E-state index contributed by atoms with van der Waals surface area (Å²) in [5.74, 6) is 0.910.